The number of nitrogens with one attached hydrogen (secondary N) is 2. The molecule has 0 heterocycles. The van der Waals surface area contributed by atoms with Crippen molar-refractivity contribution < 1.29 is 9.47 Å². The summed E-state index contributed by atoms with van der Waals surface area (Å²) in [6.45, 7) is 5.29. The number of aliphatic imine (C=N–C) groups is 1. The van der Waals surface area contributed by atoms with E-state index >= 15 is 0 Å². The first-order chi connectivity index (χ1) is 9.60. The van der Waals surface area contributed by atoms with Crippen molar-refractivity contribution in [2.75, 3.05) is 33.1 Å². The molecule has 2 N–H and O–H groups in total. The summed E-state index contributed by atoms with van der Waals surface area (Å²) in [7, 11) is 5.00. The summed E-state index contributed by atoms with van der Waals surface area (Å²) >= 11 is 0. The molecule has 1 aromatic rings. The summed E-state index contributed by atoms with van der Waals surface area (Å²) in [6, 6.07) is 5.67. The Kier molecular flexibility index (Phi) is 6.70. The lowest BCUT2D eigenvalue weighted by atomic mass is 10.1. The van der Waals surface area contributed by atoms with Gasteiger partial charge in [-0.2, -0.15) is 0 Å². The Bertz CT molecular complexity index is 445. The van der Waals surface area contributed by atoms with Gasteiger partial charge in [-0.25, -0.2) is 0 Å². The van der Waals surface area contributed by atoms with Crippen molar-refractivity contribution in [2.45, 2.75) is 20.3 Å². The molecule has 0 saturated heterocycles. The van der Waals surface area contributed by atoms with Crippen LogP contribution in [0.1, 0.15) is 20.3 Å². The summed E-state index contributed by atoms with van der Waals surface area (Å²) in [4.78, 5) is 4.20. The van der Waals surface area contributed by atoms with Gasteiger partial charge in [0.05, 0.1) is 14.2 Å². The molecule has 0 radical (unpaired) electrons. The normalized spacial score (nSPS) is 11.4. The monoisotopic (exact) mass is 279 g/mol. The topological polar surface area (TPSA) is 54.9 Å². The first kappa shape index (κ1) is 16.1. The average molecular weight is 279 g/mol. The Hall–Kier alpha value is -1.91. The zero-order valence-electron chi connectivity index (χ0n) is 13.0. The number of hydrogen-bond acceptors (Lipinski definition) is 3. The van der Waals surface area contributed by atoms with Crippen molar-refractivity contribution in [1.82, 2.24) is 5.32 Å². The van der Waals surface area contributed by atoms with Crippen LogP contribution in [-0.4, -0.2) is 33.8 Å². The van der Waals surface area contributed by atoms with Crippen LogP contribution < -0.4 is 20.1 Å². The third-order valence-electron chi connectivity index (χ3n) is 2.88. The fourth-order valence-electron chi connectivity index (χ4n) is 1.71. The zero-order chi connectivity index (χ0) is 15.0. The number of benzene rings is 1. The molecule has 0 aliphatic rings. The lowest BCUT2D eigenvalue weighted by Crippen LogP contribution is -2.31. The first-order valence-corrected chi connectivity index (χ1v) is 6.80. The Morgan fingerprint density at radius 3 is 2.45 bits per heavy atom. The Labute approximate surface area is 121 Å². The number of nitrogens with zero attached hydrogens (tertiary/aromatic N) is 1. The van der Waals surface area contributed by atoms with Gasteiger partial charge in [0.25, 0.3) is 0 Å². The molecular formula is C15H25N3O2. The predicted molar refractivity (Wildman–Crippen MR) is 84.0 cm³/mol. The van der Waals surface area contributed by atoms with Crippen LogP contribution in [0.25, 0.3) is 0 Å². The minimum absolute atomic E-state index is 0.668. The van der Waals surface area contributed by atoms with E-state index in [4.69, 9.17) is 9.47 Å². The van der Waals surface area contributed by atoms with Gasteiger partial charge < -0.3 is 20.1 Å². The fourth-order valence-corrected chi connectivity index (χ4v) is 1.71. The molecule has 0 aromatic heterocycles. The van der Waals surface area contributed by atoms with Crippen LogP contribution in [0.4, 0.5) is 5.69 Å². The maximum Gasteiger partial charge on any atom is 0.195 e. The molecule has 0 bridgehead atoms. The van der Waals surface area contributed by atoms with Gasteiger partial charge in [-0.1, -0.05) is 13.8 Å². The van der Waals surface area contributed by atoms with E-state index in [2.05, 4.69) is 29.5 Å². The van der Waals surface area contributed by atoms with Crippen LogP contribution in [0.2, 0.25) is 0 Å². The molecule has 0 saturated carbocycles. The van der Waals surface area contributed by atoms with E-state index in [1.165, 1.54) is 0 Å². The maximum atomic E-state index is 5.28. The van der Waals surface area contributed by atoms with E-state index in [9.17, 15) is 0 Å². The highest BCUT2D eigenvalue weighted by molar-refractivity contribution is 5.93. The summed E-state index contributed by atoms with van der Waals surface area (Å²) in [5.74, 6) is 2.82. The van der Waals surface area contributed by atoms with Crippen molar-refractivity contribution >= 4 is 11.6 Å². The smallest absolute Gasteiger partial charge is 0.195 e. The second-order valence-corrected chi connectivity index (χ2v) is 4.88. The van der Waals surface area contributed by atoms with Gasteiger partial charge in [0.1, 0.15) is 0 Å². The van der Waals surface area contributed by atoms with Crippen LogP contribution in [0.3, 0.4) is 0 Å². The SMILES string of the molecule is CN=C(NCCC(C)C)Nc1ccc(OC)c(OC)c1. The molecule has 1 rings (SSSR count). The molecule has 1 aromatic carbocycles. The Balaban J connectivity index is 2.66. The van der Waals surface area contributed by atoms with Gasteiger partial charge in [-0.05, 0) is 24.5 Å². The third-order valence-corrected chi connectivity index (χ3v) is 2.88. The van der Waals surface area contributed by atoms with E-state index in [1.807, 2.05) is 18.2 Å². The van der Waals surface area contributed by atoms with E-state index in [-0.39, 0.29) is 0 Å². The van der Waals surface area contributed by atoms with Crippen LogP contribution in [0, 0.1) is 5.92 Å². The minimum atomic E-state index is 0.668. The molecule has 0 aliphatic heterocycles. The molecule has 0 atom stereocenters. The fraction of sp³-hybridized carbons (Fsp3) is 0.533. The highest BCUT2D eigenvalue weighted by Crippen LogP contribution is 2.29. The maximum absolute atomic E-state index is 5.28. The quantitative estimate of drug-likeness (QED) is 0.621. The van der Waals surface area contributed by atoms with Crippen LogP contribution >= 0.6 is 0 Å². The average Bonchev–Trinajstić information content (AvgIpc) is 2.45. The molecule has 112 valence electrons. The largest absolute Gasteiger partial charge is 0.493 e. The Morgan fingerprint density at radius 2 is 1.90 bits per heavy atom. The number of anilines is 1. The van der Waals surface area contributed by atoms with Gasteiger partial charge in [0.2, 0.25) is 0 Å². The van der Waals surface area contributed by atoms with Gasteiger partial charge in [-0.15, -0.1) is 0 Å². The number of ether oxygens (including phenoxy) is 2. The first-order valence-electron chi connectivity index (χ1n) is 6.80. The standard InChI is InChI=1S/C15H25N3O2/c1-11(2)8-9-17-15(16-3)18-12-6-7-13(19-4)14(10-12)20-5/h6-7,10-11H,8-9H2,1-5H3,(H2,16,17,18). The van der Waals surface area contributed by atoms with Gasteiger partial charge in [0, 0.05) is 25.3 Å². The molecule has 5 heteroatoms. The van der Waals surface area contributed by atoms with Crippen molar-refractivity contribution in [3.8, 4) is 11.5 Å². The lowest BCUT2D eigenvalue weighted by molar-refractivity contribution is 0.355. The van der Waals surface area contributed by atoms with Crippen LogP contribution in [-0.2, 0) is 0 Å². The highest BCUT2D eigenvalue weighted by Gasteiger charge is 2.06. The number of methoxy groups -OCH3 is 2. The van der Waals surface area contributed by atoms with Crippen LogP contribution in [0.5, 0.6) is 11.5 Å². The van der Waals surface area contributed by atoms with E-state index in [0.717, 1.165) is 24.6 Å². The number of hydrogen-bond donors (Lipinski definition) is 2. The summed E-state index contributed by atoms with van der Waals surface area (Å²) < 4.78 is 10.5. The molecule has 5 nitrogen and oxygen atoms in total. The number of rotatable bonds is 6. The van der Waals surface area contributed by atoms with Gasteiger partial charge in [-0.3, -0.25) is 4.99 Å². The highest BCUT2D eigenvalue weighted by atomic mass is 16.5. The van der Waals surface area contributed by atoms with Gasteiger partial charge >= 0.3 is 0 Å². The molecule has 0 aliphatic carbocycles. The lowest BCUT2D eigenvalue weighted by Gasteiger charge is -2.14. The molecule has 0 unspecified atom stereocenters. The van der Waals surface area contributed by atoms with Crippen molar-refractivity contribution in [1.29, 1.82) is 0 Å². The summed E-state index contributed by atoms with van der Waals surface area (Å²) in [5.41, 5.74) is 0.903. The third kappa shape index (κ3) is 4.99. The molecule has 0 amide bonds. The van der Waals surface area contributed by atoms with Gasteiger partial charge in [0.15, 0.2) is 17.5 Å². The van der Waals surface area contributed by atoms with Crippen molar-refractivity contribution in [2.24, 2.45) is 10.9 Å². The summed E-state index contributed by atoms with van der Waals surface area (Å²) in [6.07, 6.45) is 1.10. The van der Waals surface area contributed by atoms with Crippen molar-refractivity contribution in [3.05, 3.63) is 18.2 Å². The second-order valence-electron chi connectivity index (χ2n) is 4.88. The molecule has 20 heavy (non-hydrogen) atoms. The van der Waals surface area contributed by atoms with Crippen molar-refractivity contribution in [3.63, 3.8) is 0 Å². The minimum Gasteiger partial charge on any atom is -0.493 e. The number of guanidine groups is 1. The second kappa shape index (κ2) is 8.30. The van der Waals surface area contributed by atoms with Crippen LogP contribution in [0.15, 0.2) is 23.2 Å². The van der Waals surface area contributed by atoms with E-state index in [1.54, 1.807) is 21.3 Å². The summed E-state index contributed by atoms with van der Waals surface area (Å²) in [5, 5.41) is 6.51. The van der Waals surface area contributed by atoms with E-state index < -0.39 is 0 Å². The Morgan fingerprint density at radius 1 is 1.20 bits per heavy atom. The molecular weight excluding hydrogens is 254 g/mol. The van der Waals surface area contributed by atoms with E-state index in [0.29, 0.717) is 17.4 Å². The molecule has 0 spiro atoms. The zero-order valence-corrected chi connectivity index (χ0v) is 13.0. The predicted octanol–water partition coefficient (Wildman–Crippen LogP) is 2.74. The molecule has 0 fully saturated rings.